The first-order valence-corrected chi connectivity index (χ1v) is 18.0. The summed E-state index contributed by atoms with van der Waals surface area (Å²) in [5.74, 6) is 0.469. The van der Waals surface area contributed by atoms with Gasteiger partial charge in [0.2, 0.25) is 0 Å². The molecule has 4 rings (SSSR count). The second-order valence-corrected chi connectivity index (χ2v) is 13.2. The molecule has 0 bridgehead atoms. The van der Waals surface area contributed by atoms with E-state index in [0.29, 0.717) is 68.6 Å². The standard InChI is InChI=1S/C40H52N4O10/c1-8-13-53-40(48)42-33-21-37(35(50-7)19-31(33)39(47)43-22-25(3)16-28(43)9-2)52-15-12-10-11-14-51-36-20-32(41)30(18-34(36)49-6)38(46)44-23-26(4)17-29(44)24-54-27(5)45/h8,18-21,28-29H,1,3-4,9-17,22-24,41H2,2,5-7H3,(H,42,48)/t28-,29+/m1/s1. The molecule has 54 heavy (non-hydrogen) atoms. The number of hydrogen-bond donors (Lipinski definition) is 2. The molecule has 14 heteroatoms. The molecule has 0 aromatic heterocycles. The highest BCUT2D eigenvalue weighted by Gasteiger charge is 2.34. The summed E-state index contributed by atoms with van der Waals surface area (Å²) in [7, 11) is 2.97. The number of methoxy groups -OCH3 is 2. The number of nitrogen functional groups attached to an aromatic ring is 1. The highest BCUT2D eigenvalue weighted by Crippen LogP contribution is 2.37. The van der Waals surface area contributed by atoms with E-state index in [1.165, 1.54) is 27.2 Å². The van der Waals surface area contributed by atoms with Crippen molar-refractivity contribution >= 4 is 35.3 Å². The van der Waals surface area contributed by atoms with Gasteiger partial charge in [-0.05, 0) is 50.7 Å². The summed E-state index contributed by atoms with van der Waals surface area (Å²) in [6.07, 6.45) is 4.81. The van der Waals surface area contributed by atoms with Crippen molar-refractivity contribution in [3.8, 4) is 23.0 Å². The Bertz CT molecular complexity index is 1740. The van der Waals surface area contributed by atoms with E-state index < -0.39 is 12.1 Å². The van der Waals surface area contributed by atoms with Gasteiger partial charge in [0.25, 0.3) is 11.8 Å². The Hall–Kier alpha value is -5.66. The van der Waals surface area contributed by atoms with Gasteiger partial charge in [0.1, 0.15) is 13.2 Å². The maximum atomic E-state index is 13.8. The molecule has 3 N–H and O–H groups in total. The van der Waals surface area contributed by atoms with Crippen molar-refractivity contribution in [1.29, 1.82) is 0 Å². The maximum Gasteiger partial charge on any atom is 0.411 e. The summed E-state index contributed by atoms with van der Waals surface area (Å²) in [5, 5.41) is 2.68. The summed E-state index contributed by atoms with van der Waals surface area (Å²) < 4.78 is 33.5. The van der Waals surface area contributed by atoms with E-state index in [4.69, 9.17) is 34.2 Å². The fraction of sp³-hybridized carbons (Fsp3) is 0.450. The van der Waals surface area contributed by atoms with E-state index in [-0.39, 0.29) is 59.6 Å². The number of unbranched alkanes of at least 4 members (excludes halogenated alkanes) is 2. The summed E-state index contributed by atoms with van der Waals surface area (Å²) in [6.45, 7) is 16.5. The lowest BCUT2D eigenvalue weighted by Crippen LogP contribution is -2.39. The smallest absolute Gasteiger partial charge is 0.411 e. The van der Waals surface area contributed by atoms with Crippen LogP contribution in [0.4, 0.5) is 16.2 Å². The number of nitrogens with two attached hydrogens (primary N) is 1. The van der Waals surface area contributed by atoms with Crippen LogP contribution in [0.1, 0.15) is 73.1 Å². The third kappa shape index (κ3) is 10.5. The number of carbonyl (C=O) groups excluding carboxylic acids is 4. The van der Waals surface area contributed by atoms with Crippen LogP contribution in [-0.4, -0.2) is 99.5 Å². The first kappa shape index (κ1) is 41.1. The minimum absolute atomic E-state index is 0.00346. The number of likely N-dealkylation sites (tertiary alicyclic amines) is 2. The van der Waals surface area contributed by atoms with Crippen LogP contribution in [0.5, 0.6) is 23.0 Å². The highest BCUT2D eigenvalue weighted by molar-refractivity contribution is 6.04. The summed E-state index contributed by atoms with van der Waals surface area (Å²) in [4.78, 5) is 54.5. The molecule has 2 aromatic carbocycles. The van der Waals surface area contributed by atoms with Gasteiger partial charge in [-0.2, -0.15) is 0 Å². The average Bonchev–Trinajstić information content (AvgIpc) is 3.73. The number of nitrogens with zero attached hydrogens (tertiary/aromatic N) is 2. The maximum absolute atomic E-state index is 13.8. The van der Waals surface area contributed by atoms with Crippen molar-refractivity contribution < 1.29 is 47.6 Å². The largest absolute Gasteiger partial charge is 0.493 e. The second-order valence-electron chi connectivity index (χ2n) is 13.2. The molecule has 2 saturated heterocycles. The number of rotatable bonds is 18. The lowest BCUT2D eigenvalue weighted by Gasteiger charge is -2.25. The summed E-state index contributed by atoms with van der Waals surface area (Å²) >= 11 is 0. The molecule has 0 saturated carbocycles. The van der Waals surface area contributed by atoms with Crippen molar-refractivity contribution in [2.45, 2.75) is 64.5 Å². The van der Waals surface area contributed by atoms with Crippen molar-refractivity contribution in [2.24, 2.45) is 0 Å². The molecule has 2 aliphatic rings. The minimum atomic E-state index is -0.736. The Morgan fingerprint density at radius 2 is 1.37 bits per heavy atom. The van der Waals surface area contributed by atoms with Gasteiger partial charge in [-0.15, -0.1) is 0 Å². The number of ether oxygens (including phenoxy) is 6. The average molecular weight is 749 g/mol. The minimum Gasteiger partial charge on any atom is -0.493 e. The number of benzene rings is 2. The van der Waals surface area contributed by atoms with Crippen LogP contribution in [0.25, 0.3) is 0 Å². The molecule has 0 spiro atoms. The van der Waals surface area contributed by atoms with E-state index in [1.807, 2.05) is 6.92 Å². The molecule has 0 aliphatic carbocycles. The predicted molar refractivity (Wildman–Crippen MR) is 204 cm³/mol. The van der Waals surface area contributed by atoms with Crippen molar-refractivity contribution in [3.05, 3.63) is 72.4 Å². The van der Waals surface area contributed by atoms with E-state index in [0.717, 1.165) is 30.4 Å². The SMILES string of the molecule is C=CCOC(=O)Nc1cc(OCCCCCOc2cc(N)c(C(=O)N3CC(=C)C[C@H]3COC(C)=O)cc2OC)c(OC)cc1C(=O)N1CC(=C)C[C@H]1CC. The van der Waals surface area contributed by atoms with E-state index in [2.05, 4.69) is 25.1 Å². The zero-order valence-electron chi connectivity index (χ0n) is 31.7. The van der Waals surface area contributed by atoms with Crippen LogP contribution in [0, 0.1) is 0 Å². The van der Waals surface area contributed by atoms with E-state index in [9.17, 15) is 19.2 Å². The number of nitrogens with one attached hydrogen (secondary N) is 1. The normalized spacial score (nSPS) is 16.5. The Kier molecular flexibility index (Phi) is 14.8. The van der Waals surface area contributed by atoms with Crippen molar-refractivity contribution in [3.63, 3.8) is 0 Å². The van der Waals surface area contributed by atoms with E-state index >= 15 is 0 Å². The molecule has 0 radical (unpaired) electrons. The van der Waals surface area contributed by atoms with Gasteiger partial charge < -0.3 is 44.0 Å². The van der Waals surface area contributed by atoms with Crippen LogP contribution in [0.3, 0.4) is 0 Å². The monoisotopic (exact) mass is 748 g/mol. The zero-order valence-corrected chi connectivity index (χ0v) is 31.7. The molecule has 292 valence electrons. The molecule has 2 aromatic rings. The van der Waals surface area contributed by atoms with Crippen LogP contribution >= 0.6 is 0 Å². The summed E-state index contributed by atoms with van der Waals surface area (Å²) in [6, 6.07) is 5.95. The van der Waals surface area contributed by atoms with E-state index in [1.54, 1.807) is 34.1 Å². The quantitative estimate of drug-likeness (QED) is 0.0775. The van der Waals surface area contributed by atoms with Crippen LogP contribution in [-0.2, 0) is 14.3 Å². The molecule has 2 fully saturated rings. The zero-order chi connectivity index (χ0) is 39.4. The number of amides is 3. The fourth-order valence-electron chi connectivity index (χ4n) is 6.44. The third-order valence-electron chi connectivity index (χ3n) is 9.16. The molecule has 2 aliphatic heterocycles. The lowest BCUT2D eigenvalue weighted by molar-refractivity contribution is -0.142. The first-order valence-electron chi connectivity index (χ1n) is 18.0. The van der Waals surface area contributed by atoms with Crippen LogP contribution in [0.2, 0.25) is 0 Å². The first-order chi connectivity index (χ1) is 25.9. The molecule has 3 amide bonds. The fourth-order valence-corrected chi connectivity index (χ4v) is 6.44. The lowest BCUT2D eigenvalue weighted by atomic mass is 10.1. The van der Waals surface area contributed by atoms with Gasteiger partial charge in [0, 0.05) is 43.9 Å². The number of hydrogen-bond acceptors (Lipinski definition) is 11. The number of carbonyl (C=O) groups is 4. The molecule has 0 unspecified atom stereocenters. The molecule has 2 heterocycles. The van der Waals surface area contributed by atoms with Crippen LogP contribution in [0.15, 0.2) is 61.2 Å². The summed E-state index contributed by atoms with van der Waals surface area (Å²) in [5.41, 5.74) is 9.12. The van der Waals surface area contributed by atoms with Crippen LogP contribution < -0.4 is 30.0 Å². The van der Waals surface area contributed by atoms with Gasteiger partial charge in [-0.3, -0.25) is 19.7 Å². The van der Waals surface area contributed by atoms with Gasteiger partial charge in [-0.25, -0.2) is 4.79 Å². The Labute approximate surface area is 316 Å². The molecule has 14 nitrogen and oxygen atoms in total. The van der Waals surface area contributed by atoms with Gasteiger partial charge in [0.15, 0.2) is 23.0 Å². The second kappa shape index (κ2) is 19.4. The molecular formula is C40H52N4O10. The van der Waals surface area contributed by atoms with Gasteiger partial charge in [0.05, 0.1) is 50.3 Å². The number of esters is 1. The number of anilines is 2. The third-order valence-corrected chi connectivity index (χ3v) is 9.16. The predicted octanol–water partition coefficient (Wildman–Crippen LogP) is 6.16. The Morgan fingerprint density at radius 3 is 1.94 bits per heavy atom. The van der Waals surface area contributed by atoms with Crippen molar-refractivity contribution in [2.75, 3.05) is 64.8 Å². The van der Waals surface area contributed by atoms with Gasteiger partial charge in [-0.1, -0.05) is 43.9 Å². The molecular weight excluding hydrogens is 696 g/mol. The van der Waals surface area contributed by atoms with Gasteiger partial charge >= 0.3 is 12.1 Å². The highest BCUT2D eigenvalue weighted by atomic mass is 16.5. The topological polar surface area (TPSA) is 168 Å². The molecule has 2 atom stereocenters. The Morgan fingerprint density at radius 1 is 0.815 bits per heavy atom. The Balaban J connectivity index is 1.35. The van der Waals surface area contributed by atoms with Crippen molar-refractivity contribution in [1.82, 2.24) is 9.80 Å².